The summed E-state index contributed by atoms with van der Waals surface area (Å²) in [6.07, 6.45) is 4.76. The van der Waals surface area contributed by atoms with Crippen molar-refractivity contribution in [3.8, 4) is 0 Å². The van der Waals surface area contributed by atoms with Gasteiger partial charge in [-0.1, -0.05) is 12.2 Å². The number of nitro groups is 1. The second-order valence-electron chi connectivity index (χ2n) is 4.81. The minimum absolute atomic E-state index is 0.0805. The zero-order valence-corrected chi connectivity index (χ0v) is 10.9. The van der Waals surface area contributed by atoms with Crippen LogP contribution in [0, 0.1) is 16.0 Å². The number of hydrogen-bond donors (Lipinski definition) is 1. The van der Waals surface area contributed by atoms with Crippen LogP contribution in [0.25, 0.3) is 6.08 Å². The highest BCUT2D eigenvalue weighted by Gasteiger charge is 2.20. The first-order valence-electron chi connectivity index (χ1n) is 6.47. The maximum absolute atomic E-state index is 10.8. The van der Waals surface area contributed by atoms with Gasteiger partial charge in [-0.25, -0.2) is 4.79 Å². The van der Waals surface area contributed by atoms with Gasteiger partial charge in [-0.2, -0.15) is 0 Å². The number of hydrogen-bond acceptors (Lipinski definition) is 3. The standard InChI is InChI=1S/C14H16N2O4/c17-14(18)15-9-7-12(8-10-15)2-1-11-3-5-13(6-4-11)16(19)20/h1-6,12H,7-10H2,(H,17,18)/b2-1+. The molecule has 0 bridgehead atoms. The number of amides is 1. The molecule has 0 spiro atoms. The summed E-state index contributed by atoms with van der Waals surface area (Å²) in [5, 5.41) is 19.4. The lowest BCUT2D eigenvalue weighted by molar-refractivity contribution is -0.384. The minimum atomic E-state index is -0.859. The van der Waals surface area contributed by atoms with Crippen molar-refractivity contribution in [2.24, 2.45) is 5.92 Å². The Bertz CT molecular complexity index is 516. The molecule has 0 aliphatic carbocycles. The van der Waals surface area contributed by atoms with Gasteiger partial charge < -0.3 is 10.0 Å². The van der Waals surface area contributed by atoms with Gasteiger partial charge in [0.1, 0.15) is 0 Å². The second kappa shape index (κ2) is 6.18. The molecule has 1 aliphatic heterocycles. The third kappa shape index (κ3) is 3.57. The minimum Gasteiger partial charge on any atom is -0.465 e. The van der Waals surface area contributed by atoms with Gasteiger partial charge in [0, 0.05) is 25.2 Å². The quantitative estimate of drug-likeness (QED) is 0.679. The van der Waals surface area contributed by atoms with Crippen molar-refractivity contribution in [1.82, 2.24) is 4.90 Å². The Morgan fingerprint density at radius 1 is 1.30 bits per heavy atom. The lowest BCUT2D eigenvalue weighted by atomic mass is 9.96. The van der Waals surface area contributed by atoms with E-state index in [0.29, 0.717) is 19.0 Å². The van der Waals surface area contributed by atoms with Crippen LogP contribution in [-0.2, 0) is 0 Å². The van der Waals surface area contributed by atoms with Crippen molar-refractivity contribution in [1.29, 1.82) is 0 Å². The Morgan fingerprint density at radius 3 is 2.40 bits per heavy atom. The van der Waals surface area contributed by atoms with Gasteiger partial charge >= 0.3 is 6.09 Å². The second-order valence-corrected chi connectivity index (χ2v) is 4.81. The van der Waals surface area contributed by atoms with Crippen molar-refractivity contribution in [3.63, 3.8) is 0 Å². The SMILES string of the molecule is O=C(O)N1CCC(/C=C/c2ccc([N+](=O)[O-])cc2)CC1. The summed E-state index contributed by atoms with van der Waals surface area (Å²) in [5.41, 5.74) is 0.994. The largest absolute Gasteiger partial charge is 0.465 e. The fourth-order valence-corrected chi connectivity index (χ4v) is 2.24. The van der Waals surface area contributed by atoms with Crippen molar-refractivity contribution < 1.29 is 14.8 Å². The molecule has 1 N–H and O–H groups in total. The van der Waals surface area contributed by atoms with E-state index in [1.54, 1.807) is 12.1 Å². The van der Waals surface area contributed by atoms with Gasteiger partial charge in [0.05, 0.1) is 4.92 Å². The molecule has 6 heteroatoms. The van der Waals surface area contributed by atoms with Gasteiger partial charge in [0.15, 0.2) is 0 Å². The van der Waals surface area contributed by atoms with Crippen LogP contribution in [-0.4, -0.2) is 34.1 Å². The van der Waals surface area contributed by atoms with Crippen molar-refractivity contribution in [2.45, 2.75) is 12.8 Å². The molecule has 2 rings (SSSR count). The van der Waals surface area contributed by atoms with Gasteiger partial charge in [-0.05, 0) is 36.5 Å². The first kappa shape index (κ1) is 14.0. The Balaban J connectivity index is 1.90. The number of carboxylic acid groups (broad SMARTS) is 1. The zero-order chi connectivity index (χ0) is 14.5. The summed E-state index contributed by atoms with van der Waals surface area (Å²) < 4.78 is 0. The van der Waals surface area contributed by atoms with Crippen LogP contribution in [0.4, 0.5) is 10.5 Å². The van der Waals surface area contributed by atoms with E-state index in [9.17, 15) is 14.9 Å². The Hall–Kier alpha value is -2.37. The highest BCUT2D eigenvalue weighted by atomic mass is 16.6. The van der Waals surface area contributed by atoms with Crippen LogP contribution in [0.3, 0.4) is 0 Å². The zero-order valence-electron chi connectivity index (χ0n) is 10.9. The fraction of sp³-hybridized carbons (Fsp3) is 0.357. The lowest BCUT2D eigenvalue weighted by Crippen LogP contribution is -2.36. The Labute approximate surface area is 116 Å². The van der Waals surface area contributed by atoms with Crippen molar-refractivity contribution in [2.75, 3.05) is 13.1 Å². The number of nitrogens with zero attached hydrogens (tertiary/aromatic N) is 2. The van der Waals surface area contributed by atoms with Gasteiger partial charge in [-0.15, -0.1) is 0 Å². The number of non-ortho nitro benzene ring substituents is 1. The van der Waals surface area contributed by atoms with Crippen LogP contribution in [0.1, 0.15) is 18.4 Å². The van der Waals surface area contributed by atoms with Crippen LogP contribution in [0.15, 0.2) is 30.3 Å². The molecular weight excluding hydrogens is 260 g/mol. The average Bonchev–Trinajstić information content (AvgIpc) is 2.46. The first-order valence-corrected chi connectivity index (χ1v) is 6.47. The van der Waals surface area contributed by atoms with Crippen LogP contribution in [0.2, 0.25) is 0 Å². The fourth-order valence-electron chi connectivity index (χ4n) is 2.24. The number of benzene rings is 1. The third-order valence-corrected chi connectivity index (χ3v) is 3.47. The smallest absolute Gasteiger partial charge is 0.407 e. The first-order chi connectivity index (χ1) is 9.56. The molecule has 1 saturated heterocycles. The predicted molar refractivity (Wildman–Crippen MR) is 74.5 cm³/mol. The molecule has 0 saturated carbocycles. The molecule has 0 unspecified atom stereocenters. The molecule has 1 aromatic carbocycles. The third-order valence-electron chi connectivity index (χ3n) is 3.47. The monoisotopic (exact) mass is 276 g/mol. The molecule has 1 aromatic rings. The molecule has 106 valence electrons. The predicted octanol–water partition coefficient (Wildman–Crippen LogP) is 3.00. The summed E-state index contributed by atoms with van der Waals surface area (Å²) in [7, 11) is 0. The maximum atomic E-state index is 10.8. The average molecular weight is 276 g/mol. The molecule has 0 aromatic heterocycles. The van der Waals surface area contributed by atoms with Crippen molar-refractivity contribution >= 4 is 17.9 Å². The molecule has 1 aliphatic rings. The molecule has 0 atom stereocenters. The lowest BCUT2D eigenvalue weighted by Gasteiger charge is -2.28. The summed E-state index contributed by atoms with van der Waals surface area (Å²) in [6.45, 7) is 1.12. The summed E-state index contributed by atoms with van der Waals surface area (Å²) >= 11 is 0. The Kier molecular flexibility index (Phi) is 4.34. The molecule has 20 heavy (non-hydrogen) atoms. The van der Waals surface area contributed by atoms with E-state index < -0.39 is 11.0 Å². The topological polar surface area (TPSA) is 83.7 Å². The molecule has 0 radical (unpaired) electrons. The van der Waals surface area contributed by atoms with Crippen LogP contribution >= 0.6 is 0 Å². The maximum Gasteiger partial charge on any atom is 0.407 e. The molecule has 6 nitrogen and oxygen atoms in total. The van der Waals surface area contributed by atoms with E-state index in [2.05, 4.69) is 6.08 Å². The van der Waals surface area contributed by atoms with E-state index in [4.69, 9.17) is 5.11 Å². The molecule has 1 heterocycles. The number of rotatable bonds is 3. The van der Waals surface area contributed by atoms with Gasteiger partial charge in [0.2, 0.25) is 0 Å². The van der Waals surface area contributed by atoms with E-state index in [1.807, 2.05) is 6.08 Å². The number of carbonyl (C=O) groups is 1. The van der Waals surface area contributed by atoms with Crippen molar-refractivity contribution in [3.05, 3.63) is 46.0 Å². The summed E-state index contributed by atoms with van der Waals surface area (Å²) in [6, 6.07) is 6.38. The van der Waals surface area contributed by atoms with Gasteiger partial charge in [0.25, 0.3) is 5.69 Å². The number of nitro benzene ring substituents is 1. The molecule has 1 fully saturated rings. The Morgan fingerprint density at radius 2 is 1.90 bits per heavy atom. The van der Waals surface area contributed by atoms with Gasteiger partial charge in [-0.3, -0.25) is 10.1 Å². The van der Waals surface area contributed by atoms with E-state index in [-0.39, 0.29) is 5.69 Å². The highest BCUT2D eigenvalue weighted by molar-refractivity contribution is 5.65. The van der Waals surface area contributed by atoms with E-state index in [1.165, 1.54) is 17.0 Å². The van der Waals surface area contributed by atoms with Crippen LogP contribution < -0.4 is 0 Å². The molecule has 1 amide bonds. The van der Waals surface area contributed by atoms with Crippen LogP contribution in [0.5, 0.6) is 0 Å². The highest BCUT2D eigenvalue weighted by Crippen LogP contribution is 2.20. The number of likely N-dealkylation sites (tertiary alicyclic amines) is 1. The van der Waals surface area contributed by atoms with E-state index >= 15 is 0 Å². The normalized spacial score (nSPS) is 16.5. The number of allylic oxidation sites excluding steroid dienone is 1. The number of piperidine rings is 1. The summed E-state index contributed by atoms with van der Waals surface area (Å²) in [5.74, 6) is 0.362. The molecular formula is C14H16N2O4. The summed E-state index contributed by atoms with van der Waals surface area (Å²) in [4.78, 5) is 22.3. The van der Waals surface area contributed by atoms with E-state index in [0.717, 1.165) is 18.4 Å².